The van der Waals surface area contributed by atoms with Crippen molar-refractivity contribution < 1.29 is 4.79 Å². The van der Waals surface area contributed by atoms with E-state index in [0.29, 0.717) is 16.8 Å². The predicted molar refractivity (Wildman–Crippen MR) is 80.6 cm³/mol. The van der Waals surface area contributed by atoms with E-state index in [-0.39, 0.29) is 5.91 Å². The fourth-order valence-electron chi connectivity index (χ4n) is 2.14. The molecule has 0 aliphatic carbocycles. The largest absolute Gasteiger partial charge is 0.398 e. The fraction of sp³-hybridized carbons (Fsp3) is 0. The van der Waals surface area contributed by atoms with Gasteiger partial charge in [0.2, 0.25) is 0 Å². The Hall–Kier alpha value is -2.88. The average molecular weight is 263 g/mol. The van der Waals surface area contributed by atoms with Crippen LogP contribution < -0.4 is 11.1 Å². The third-order valence-corrected chi connectivity index (χ3v) is 3.07. The first-order chi connectivity index (χ1) is 9.75. The second kappa shape index (κ2) is 5.01. The number of carbonyl (C=O) groups excluding carboxylic acids is 1. The number of pyridine rings is 1. The van der Waals surface area contributed by atoms with Gasteiger partial charge in [-0.05, 0) is 29.7 Å². The van der Waals surface area contributed by atoms with Gasteiger partial charge in [-0.15, -0.1) is 0 Å². The number of hydrogen-bond donors (Lipinski definition) is 2. The van der Waals surface area contributed by atoms with Crippen molar-refractivity contribution in [3.8, 4) is 0 Å². The van der Waals surface area contributed by atoms with Crippen LogP contribution in [0.2, 0.25) is 0 Å². The Balaban J connectivity index is 2.04. The molecule has 0 spiro atoms. The number of rotatable bonds is 2. The summed E-state index contributed by atoms with van der Waals surface area (Å²) in [5.74, 6) is -0.264. The van der Waals surface area contributed by atoms with Crippen molar-refractivity contribution in [1.82, 2.24) is 4.98 Å². The summed E-state index contributed by atoms with van der Waals surface area (Å²) in [6.45, 7) is 0. The summed E-state index contributed by atoms with van der Waals surface area (Å²) in [5, 5.41) is 4.41. The normalized spacial score (nSPS) is 10.4. The lowest BCUT2D eigenvalue weighted by Crippen LogP contribution is -2.14. The summed E-state index contributed by atoms with van der Waals surface area (Å²) in [5.41, 5.74) is 7.58. The number of para-hydroxylation sites is 1. The Morgan fingerprint density at radius 2 is 1.80 bits per heavy atom. The zero-order valence-electron chi connectivity index (χ0n) is 10.7. The molecule has 3 rings (SSSR count). The van der Waals surface area contributed by atoms with Gasteiger partial charge in [-0.25, -0.2) is 0 Å². The van der Waals surface area contributed by atoms with Gasteiger partial charge in [0.1, 0.15) is 5.69 Å². The second-order valence-electron chi connectivity index (χ2n) is 4.43. The lowest BCUT2D eigenvalue weighted by atomic mass is 10.1. The number of amides is 1. The molecule has 0 atom stereocenters. The number of nitrogens with zero attached hydrogens (tertiary/aromatic N) is 1. The van der Waals surface area contributed by atoms with Crippen LogP contribution in [0.4, 0.5) is 11.4 Å². The first kappa shape index (κ1) is 12.2. The van der Waals surface area contributed by atoms with Crippen LogP contribution in [0.3, 0.4) is 0 Å². The van der Waals surface area contributed by atoms with E-state index >= 15 is 0 Å². The van der Waals surface area contributed by atoms with Crippen molar-refractivity contribution in [3.05, 3.63) is 66.5 Å². The number of fused-ring (bicyclic) bond motifs is 1. The standard InChI is InChI=1S/C16H13N3O/c17-13-8-4-5-11-9-10-18-15(14(11)13)16(20)19-12-6-2-1-3-7-12/h1-10H,17H2,(H,19,20). The Kier molecular flexibility index (Phi) is 3.05. The summed E-state index contributed by atoms with van der Waals surface area (Å²) in [7, 11) is 0. The zero-order chi connectivity index (χ0) is 13.9. The third-order valence-electron chi connectivity index (χ3n) is 3.07. The van der Waals surface area contributed by atoms with Gasteiger partial charge in [0.05, 0.1) is 0 Å². The summed E-state index contributed by atoms with van der Waals surface area (Å²) in [4.78, 5) is 16.5. The molecule has 1 heterocycles. The Bertz CT molecular complexity index is 764. The lowest BCUT2D eigenvalue weighted by molar-refractivity contribution is 0.102. The van der Waals surface area contributed by atoms with Crippen molar-refractivity contribution in [3.63, 3.8) is 0 Å². The van der Waals surface area contributed by atoms with Gasteiger partial charge < -0.3 is 11.1 Å². The van der Waals surface area contributed by atoms with Gasteiger partial charge in [-0.3, -0.25) is 9.78 Å². The van der Waals surface area contributed by atoms with Gasteiger partial charge in [0, 0.05) is 23.0 Å². The maximum atomic E-state index is 12.4. The number of carbonyl (C=O) groups is 1. The highest BCUT2D eigenvalue weighted by Gasteiger charge is 2.13. The topological polar surface area (TPSA) is 68.0 Å². The van der Waals surface area contributed by atoms with Crippen LogP contribution in [0.5, 0.6) is 0 Å². The summed E-state index contributed by atoms with van der Waals surface area (Å²) >= 11 is 0. The zero-order valence-corrected chi connectivity index (χ0v) is 10.7. The number of nitrogen functional groups attached to an aromatic ring is 1. The number of hydrogen-bond acceptors (Lipinski definition) is 3. The molecule has 3 aromatic rings. The molecule has 20 heavy (non-hydrogen) atoms. The molecule has 1 amide bonds. The van der Waals surface area contributed by atoms with E-state index in [1.54, 1.807) is 12.3 Å². The van der Waals surface area contributed by atoms with Crippen LogP contribution in [0.1, 0.15) is 10.5 Å². The third kappa shape index (κ3) is 2.19. The van der Waals surface area contributed by atoms with Crippen molar-refractivity contribution in [2.24, 2.45) is 0 Å². The van der Waals surface area contributed by atoms with Gasteiger partial charge in [0.25, 0.3) is 5.91 Å². The quantitative estimate of drug-likeness (QED) is 0.698. The highest BCUT2D eigenvalue weighted by atomic mass is 16.1. The molecule has 2 aromatic carbocycles. The molecule has 0 saturated heterocycles. The van der Waals surface area contributed by atoms with Crippen LogP contribution >= 0.6 is 0 Å². The number of nitrogens with two attached hydrogens (primary N) is 1. The second-order valence-corrected chi connectivity index (χ2v) is 4.43. The molecule has 4 heteroatoms. The monoisotopic (exact) mass is 263 g/mol. The number of aromatic nitrogens is 1. The Labute approximate surface area is 116 Å². The molecule has 0 fully saturated rings. The van der Waals surface area contributed by atoms with Gasteiger partial charge in [-0.2, -0.15) is 0 Å². The molecule has 1 aromatic heterocycles. The minimum atomic E-state index is -0.264. The fourth-order valence-corrected chi connectivity index (χ4v) is 2.14. The van der Waals surface area contributed by atoms with Crippen LogP contribution in [0.15, 0.2) is 60.8 Å². The van der Waals surface area contributed by atoms with Crippen molar-refractivity contribution in [2.75, 3.05) is 11.1 Å². The van der Waals surface area contributed by atoms with Crippen molar-refractivity contribution >= 4 is 28.1 Å². The molecular weight excluding hydrogens is 250 g/mol. The Morgan fingerprint density at radius 3 is 2.60 bits per heavy atom. The maximum Gasteiger partial charge on any atom is 0.274 e. The van der Waals surface area contributed by atoms with Gasteiger partial charge in [-0.1, -0.05) is 30.3 Å². The summed E-state index contributed by atoms with van der Waals surface area (Å²) in [6, 6.07) is 16.6. The van der Waals surface area contributed by atoms with E-state index in [1.807, 2.05) is 48.5 Å². The van der Waals surface area contributed by atoms with E-state index in [9.17, 15) is 4.79 Å². The molecule has 0 bridgehead atoms. The summed E-state index contributed by atoms with van der Waals surface area (Å²) < 4.78 is 0. The molecule has 0 aliphatic rings. The predicted octanol–water partition coefficient (Wildman–Crippen LogP) is 3.07. The minimum Gasteiger partial charge on any atom is -0.398 e. The van der Waals surface area contributed by atoms with Crippen LogP contribution in [0, 0.1) is 0 Å². The first-order valence-corrected chi connectivity index (χ1v) is 6.25. The molecule has 0 saturated carbocycles. The molecule has 0 aliphatic heterocycles. The van der Waals surface area contributed by atoms with E-state index in [2.05, 4.69) is 10.3 Å². The van der Waals surface area contributed by atoms with Crippen LogP contribution in [-0.2, 0) is 0 Å². The minimum absolute atomic E-state index is 0.264. The maximum absolute atomic E-state index is 12.4. The molecular formula is C16H13N3O. The molecule has 3 N–H and O–H groups in total. The SMILES string of the molecule is Nc1cccc2ccnc(C(=O)Nc3ccccc3)c12. The molecule has 0 unspecified atom stereocenters. The number of nitrogens with one attached hydrogen (secondary N) is 1. The van der Waals surface area contributed by atoms with Crippen LogP contribution in [0.25, 0.3) is 10.8 Å². The van der Waals surface area contributed by atoms with E-state index in [4.69, 9.17) is 5.73 Å². The lowest BCUT2D eigenvalue weighted by Gasteiger charge is -2.08. The van der Waals surface area contributed by atoms with E-state index < -0.39 is 0 Å². The average Bonchev–Trinajstić information content (AvgIpc) is 2.48. The van der Waals surface area contributed by atoms with Gasteiger partial charge >= 0.3 is 0 Å². The first-order valence-electron chi connectivity index (χ1n) is 6.25. The van der Waals surface area contributed by atoms with E-state index in [0.717, 1.165) is 11.1 Å². The highest BCUT2D eigenvalue weighted by Crippen LogP contribution is 2.23. The summed E-state index contributed by atoms with van der Waals surface area (Å²) in [6.07, 6.45) is 1.61. The molecule has 0 radical (unpaired) electrons. The van der Waals surface area contributed by atoms with Crippen molar-refractivity contribution in [1.29, 1.82) is 0 Å². The smallest absolute Gasteiger partial charge is 0.274 e. The highest BCUT2D eigenvalue weighted by molar-refractivity contribution is 6.14. The Morgan fingerprint density at radius 1 is 1.00 bits per heavy atom. The van der Waals surface area contributed by atoms with Crippen LogP contribution in [-0.4, -0.2) is 10.9 Å². The van der Waals surface area contributed by atoms with Crippen molar-refractivity contribution in [2.45, 2.75) is 0 Å². The van der Waals surface area contributed by atoms with E-state index in [1.165, 1.54) is 0 Å². The number of anilines is 2. The van der Waals surface area contributed by atoms with Gasteiger partial charge in [0.15, 0.2) is 0 Å². The number of benzene rings is 2. The molecule has 98 valence electrons. The molecule has 4 nitrogen and oxygen atoms in total.